The van der Waals surface area contributed by atoms with Crippen molar-refractivity contribution >= 4 is 29.4 Å². The van der Waals surface area contributed by atoms with Crippen molar-refractivity contribution in [2.24, 2.45) is 0 Å². The van der Waals surface area contributed by atoms with Crippen LogP contribution in [0, 0.1) is 0 Å². The van der Waals surface area contributed by atoms with Crippen molar-refractivity contribution < 1.29 is 14.4 Å². The SMILES string of the molecule is CCCC[C@H]1C(=O)N(Cc2ccccc2Cl)C[C@H]2N1C(=O)CN(C)N2C(=O)NCc1ccccc1. The summed E-state index contributed by atoms with van der Waals surface area (Å²) in [5, 5.41) is 6.78. The Hall–Kier alpha value is -3.10. The van der Waals surface area contributed by atoms with Crippen LogP contribution in [0.3, 0.4) is 0 Å². The minimum atomic E-state index is -0.609. The number of hydrogen-bond acceptors (Lipinski definition) is 4. The second-order valence-electron chi connectivity index (χ2n) is 9.05. The summed E-state index contributed by atoms with van der Waals surface area (Å²) in [5.74, 6) is -0.242. The molecule has 4 amide bonds. The number of unbranched alkanes of at least 4 members (excludes halogenated alkanes) is 1. The molecular formula is C26H32ClN5O3. The Bertz CT molecular complexity index is 1070. The third kappa shape index (κ3) is 5.44. The number of nitrogens with zero attached hydrogens (tertiary/aromatic N) is 4. The first-order valence-electron chi connectivity index (χ1n) is 12.1. The number of hydrogen-bond donors (Lipinski definition) is 1. The minimum Gasteiger partial charge on any atom is -0.333 e. The number of halogens is 1. The predicted molar refractivity (Wildman–Crippen MR) is 134 cm³/mol. The molecule has 2 saturated heterocycles. The molecule has 0 aromatic heterocycles. The van der Waals surface area contributed by atoms with Gasteiger partial charge in [-0.1, -0.05) is 79.9 Å². The lowest BCUT2D eigenvalue weighted by Gasteiger charge is -2.54. The van der Waals surface area contributed by atoms with E-state index in [-0.39, 0.29) is 30.9 Å². The van der Waals surface area contributed by atoms with E-state index in [1.807, 2.05) is 48.5 Å². The molecule has 35 heavy (non-hydrogen) atoms. The fourth-order valence-electron chi connectivity index (χ4n) is 4.81. The number of amides is 4. The van der Waals surface area contributed by atoms with Gasteiger partial charge in [0.15, 0.2) is 0 Å². The molecule has 0 radical (unpaired) electrons. The lowest BCUT2D eigenvalue weighted by Crippen LogP contribution is -2.75. The van der Waals surface area contributed by atoms with E-state index in [0.29, 0.717) is 24.5 Å². The summed E-state index contributed by atoms with van der Waals surface area (Å²) in [5.41, 5.74) is 1.81. The van der Waals surface area contributed by atoms with Crippen LogP contribution in [0.2, 0.25) is 5.02 Å². The normalized spacial score (nSPS) is 20.7. The number of fused-ring (bicyclic) bond motifs is 1. The zero-order chi connectivity index (χ0) is 24.9. The smallest absolute Gasteiger partial charge is 0.333 e. The van der Waals surface area contributed by atoms with Gasteiger partial charge in [-0.2, -0.15) is 0 Å². The first-order chi connectivity index (χ1) is 16.9. The summed E-state index contributed by atoms with van der Waals surface area (Å²) in [6.07, 6.45) is 1.67. The number of carbonyl (C=O) groups excluding carboxylic acids is 3. The fourth-order valence-corrected chi connectivity index (χ4v) is 5.00. The summed E-state index contributed by atoms with van der Waals surface area (Å²) in [7, 11) is 1.73. The van der Waals surface area contributed by atoms with E-state index >= 15 is 0 Å². The van der Waals surface area contributed by atoms with Gasteiger partial charge in [-0.3, -0.25) is 9.59 Å². The number of piperazine rings is 1. The predicted octanol–water partition coefficient (Wildman–Crippen LogP) is 3.47. The van der Waals surface area contributed by atoms with E-state index in [1.165, 1.54) is 0 Å². The second-order valence-corrected chi connectivity index (χ2v) is 9.46. The van der Waals surface area contributed by atoms with Gasteiger partial charge < -0.3 is 15.1 Å². The quantitative estimate of drug-likeness (QED) is 0.635. The Kier molecular flexibility index (Phi) is 7.93. The Morgan fingerprint density at radius 1 is 1.09 bits per heavy atom. The molecule has 0 saturated carbocycles. The van der Waals surface area contributed by atoms with Crippen molar-refractivity contribution in [2.45, 2.75) is 51.5 Å². The van der Waals surface area contributed by atoms with Crippen molar-refractivity contribution in [3.8, 4) is 0 Å². The average Bonchev–Trinajstić information content (AvgIpc) is 2.85. The maximum absolute atomic E-state index is 13.6. The molecule has 2 aliphatic rings. The third-order valence-electron chi connectivity index (χ3n) is 6.58. The third-order valence-corrected chi connectivity index (χ3v) is 6.95. The number of rotatable bonds is 7. The summed E-state index contributed by atoms with van der Waals surface area (Å²) < 4.78 is 0. The first-order valence-corrected chi connectivity index (χ1v) is 12.4. The van der Waals surface area contributed by atoms with E-state index in [9.17, 15) is 14.4 Å². The highest BCUT2D eigenvalue weighted by Gasteiger charge is 2.50. The van der Waals surface area contributed by atoms with Crippen LogP contribution >= 0.6 is 11.6 Å². The number of benzene rings is 2. The standard InChI is InChI=1S/C26H32ClN5O3/c1-3-4-14-22-25(34)30(16-20-12-8-9-13-21(20)27)17-23-31(22)24(33)18-29(2)32(23)26(35)28-15-19-10-6-5-7-11-19/h5-13,22-23H,3-4,14-18H2,1-2H3,(H,28,35)/t22-,23-/m0/s1. The van der Waals surface area contributed by atoms with Gasteiger partial charge in [0, 0.05) is 25.2 Å². The van der Waals surface area contributed by atoms with E-state index in [0.717, 1.165) is 24.0 Å². The van der Waals surface area contributed by atoms with Crippen LogP contribution in [0.25, 0.3) is 0 Å². The molecule has 186 valence electrons. The second kappa shape index (κ2) is 11.1. The molecular weight excluding hydrogens is 466 g/mol. The van der Waals surface area contributed by atoms with E-state index in [4.69, 9.17) is 11.6 Å². The lowest BCUT2D eigenvalue weighted by atomic mass is 10.0. The Balaban J connectivity index is 1.61. The molecule has 2 heterocycles. The van der Waals surface area contributed by atoms with Gasteiger partial charge in [-0.05, 0) is 23.6 Å². The highest BCUT2D eigenvalue weighted by atomic mass is 35.5. The summed E-state index contributed by atoms with van der Waals surface area (Å²) in [4.78, 5) is 43.5. The lowest BCUT2D eigenvalue weighted by molar-refractivity contribution is -0.188. The van der Waals surface area contributed by atoms with Crippen LogP contribution in [-0.4, -0.2) is 70.0 Å². The van der Waals surface area contributed by atoms with Gasteiger partial charge in [0.2, 0.25) is 11.8 Å². The number of likely N-dealkylation sites (N-methyl/N-ethyl adjacent to an activating group) is 1. The highest BCUT2D eigenvalue weighted by Crippen LogP contribution is 2.30. The fraction of sp³-hybridized carbons (Fsp3) is 0.423. The monoisotopic (exact) mass is 497 g/mol. The van der Waals surface area contributed by atoms with Crippen LogP contribution in [0.1, 0.15) is 37.3 Å². The number of urea groups is 1. The molecule has 2 aromatic carbocycles. The average molecular weight is 498 g/mol. The van der Waals surface area contributed by atoms with Gasteiger partial charge in [-0.15, -0.1) is 0 Å². The van der Waals surface area contributed by atoms with Gasteiger partial charge >= 0.3 is 6.03 Å². The molecule has 2 fully saturated rings. The zero-order valence-corrected chi connectivity index (χ0v) is 20.9. The van der Waals surface area contributed by atoms with Gasteiger partial charge in [-0.25, -0.2) is 14.8 Å². The minimum absolute atomic E-state index is 0.0374. The topological polar surface area (TPSA) is 76.2 Å². The van der Waals surface area contributed by atoms with Gasteiger partial charge in [0.05, 0.1) is 13.1 Å². The van der Waals surface area contributed by atoms with Crippen molar-refractivity contribution in [3.05, 3.63) is 70.7 Å². The van der Waals surface area contributed by atoms with E-state index in [1.54, 1.807) is 32.9 Å². The largest absolute Gasteiger partial charge is 0.334 e. The maximum Gasteiger partial charge on any atom is 0.334 e. The molecule has 2 aromatic rings. The van der Waals surface area contributed by atoms with Crippen LogP contribution in [0.15, 0.2) is 54.6 Å². The number of nitrogens with one attached hydrogen (secondary N) is 1. The molecule has 8 nitrogen and oxygen atoms in total. The Morgan fingerprint density at radius 3 is 2.51 bits per heavy atom. The van der Waals surface area contributed by atoms with Crippen LogP contribution in [-0.2, 0) is 22.7 Å². The van der Waals surface area contributed by atoms with E-state index in [2.05, 4.69) is 12.2 Å². The molecule has 9 heteroatoms. The zero-order valence-electron chi connectivity index (χ0n) is 20.2. The molecule has 0 aliphatic carbocycles. The number of hydrazine groups is 1. The first kappa shape index (κ1) is 25.0. The molecule has 2 aliphatic heterocycles. The summed E-state index contributed by atoms with van der Waals surface area (Å²) in [6.45, 7) is 2.99. The molecule has 4 rings (SSSR count). The van der Waals surface area contributed by atoms with Crippen LogP contribution in [0.4, 0.5) is 4.79 Å². The molecule has 2 atom stereocenters. The Labute approximate surface area is 211 Å². The van der Waals surface area contributed by atoms with Gasteiger partial charge in [0.1, 0.15) is 12.2 Å². The van der Waals surface area contributed by atoms with Gasteiger partial charge in [0.25, 0.3) is 0 Å². The number of carbonyl (C=O) groups is 3. The van der Waals surface area contributed by atoms with Crippen molar-refractivity contribution in [3.63, 3.8) is 0 Å². The molecule has 0 bridgehead atoms. The Morgan fingerprint density at radius 2 is 1.80 bits per heavy atom. The van der Waals surface area contributed by atoms with Crippen LogP contribution in [0.5, 0.6) is 0 Å². The van der Waals surface area contributed by atoms with Crippen molar-refractivity contribution in [2.75, 3.05) is 20.1 Å². The highest BCUT2D eigenvalue weighted by molar-refractivity contribution is 6.31. The summed E-state index contributed by atoms with van der Waals surface area (Å²) in [6, 6.07) is 16.2. The molecule has 1 N–H and O–H groups in total. The molecule has 0 spiro atoms. The van der Waals surface area contributed by atoms with E-state index < -0.39 is 12.2 Å². The maximum atomic E-state index is 13.6. The van der Waals surface area contributed by atoms with Crippen molar-refractivity contribution in [1.82, 2.24) is 25.1 Å². The summed E-state index contributed by atoms with van der Waals surface area (Å²) >= 11 is 6.39. The molecule has 0 unspecified atom stereocenters. The van der Waals surface area contributed by atoms with Crippen molar-refractivity contribution in [1.29, 1.82) is 0 Å². The van der Waals surface area contributed by atoms with Crippen LogP contribution < -0.4 is 5.32 Å².